The van der Waals surface area contributed by atoms with Gasteiger partial charge in [-0.25, -0.2) is 0 Å². The number of rotatable bonds is 5. The lowest BCUT2D eigenvalue weighted by atomic mass is 10.0. The van der Waals surface area contributed by atoms with E-state index in [0.717, 1.165) is 18.5 Å². The number of ketones is 1. The highest BCUT2D eigenvalue weighted by molar-refractivity contribution is 5.97. The Labute approximate surface area is 96.6 Å². The smallest absolute Gasteiger partial charge is 0.385 e. The van der Waals surface area contributed by atoms with Crippen LogP contribution < -0.4 is 0 Å². The molecule has 0 bridgehead atoms. The fourth-order valence-corrected chi connectivity index (χ4v) is 1.38. The number of methoxy groups -OCH3 is 1. The standard InChI is InChI=1S/C11H12F3NO2/c1-17-6-2-3-10(16)8-7-15-5-4-9(8)11(12,13)14/h4-5,7H,2-3,6H2,1H3. The van der Waals surface area contributed by atoms with Crippen LogP contribution in [0.4, 0.5) is 13.2 Å². The highest BCUT2D eigenvalue weighted by atomic mass is 19.4. The lowest BCUT2D eigenvalue weighted by molar-refractivity contribution is -0.138. The summed E-state index contributed by atoms with van der Waals surface area (Å²) in [5.74, 6) is -0.567. The van der Waals surface area contributed by atoms with Crippen LogP contribution in [0.2, 0.25) is 0 Å². The Morgan fingerprint density at radius 1 is 1.47 bits per heavy atom. The molecule has 0 spiro atoms. The summed E-state index contributed by atoms with van der Waals surface area (Å²) in [4.78, 5) is 15.1. The maximum Gasteiger partial charge on any atom is 0.417 e. The molecule has 0 amide bonds. The van der Waals surface area contributed by atoms with Crippen molar-refractivity contribution in [3.63, 3.8) is 0 Å². The molecule has 0 atom stereocenters. The number of aromatic nitrogens is 1. The van der Waals surface area contributed by atoms with Crippen LogP contribution in [0.1, 0.15) is 28.8 Å². The quantitative estimate of drug-likeness (QED) is 0.593. The molecule has 1 rings (SSSR count). The number of pyridine rings is 1. The molecule has 0 unspecified atom stereocenters. The van der Waals surface area contributed by atoms with Crippen LogP contribution >= 0.6 is 0 Å². The fourth-order valence-electron chi connectivity index (χ4n) is 1.38. The molecule has 1 heterocycles. The van der Waals surface area contributed by atoms with E-state index in [1.807, 2.05) is 0 Å². The molecule has 0 saturated carbocycles. The molecule has 17 heavy (non-hydrogen) atoms. The fraction of sp³-hybridized carbons (Fsp3) is 0.455. The number of alkyl halides is 3. The maximum atomic E-state index is 12.6. The van der Waals surface area contributed by atoms with Gasteiger partial charge in [-0.05, 0) is 12.5 Å². The molecule has 0 saturated heterocycles. The summed E-state index contributed by atoms with van der Waals surface area (Å²) < 4.78 is 42.5. The van der Waals surface area contributed by atoms with Crippen molar-refractivity contribution < 1.29 is 22.7 Å². The summed E-state index contributed by atoms with van der Waals surface area (Å²) in [5, 5.41) is 0. The Hall–Kier alpha value is -1.43. The minimum Gasteiger partial charge on any atom is -0.385 e. The SMILES string of the molecule is COCCCC(=O)c1cnccc1C(F)(F)F. The number of hydrogen-bond donors (Lipinski definition) is 0. The third-order valence-corrected chi connectivity index (χ3v) is 2.18. The van der Waals surface area contributed by atoms with E-state index in [4.69, 9.17) is 4.74 Å². The second kappa shape index (κ2) is 5.77. The number of carbonyl (C=O) groups is 1. The Balaban J connectivity index is 2.86. The number of Topliss-reactive ketones (excluding diaryl/α,β-unsaturated/α-hetero) is 1. The van der Waals surface area contributed by atoms with Crippen LogP contribution in [-0.4, -0.2) is 24.5 Å². The lowest BCUT2D eigenvalue weighted by Gasteiger charge is -2.10. The van der Waals surface area contributed by atoms with Gasteiger partial charge in [0.15, 0.2) is 5.78 Å². The van der Waals surface area contributed by atoms with E-state index in [-0.39, 0.29) is 12.0 Å². The van der Waals surface area contributed by atoms with Gasteiger partial charge in [-0.15, -0.1) is 0 Å². The molecule has 0 radical (unpaired) electrons. The monoisotopic (exact) mass is 247 g/mol. The largest absolute Gasteiger partial charge is 0.417 e. The minimum atomic E-state index is -4.53. The molecule has 0 aliphatic rings. The van der Waals surface area contributed by atoms with Crippen molar-refractivity contribution in [1.29, 1.82) is 0 Å². The topological polar surface area (TPSA) is 39.2 Å². The lowest BCUT2D eigenvalue weighted by Crippen LogP contribution is -2.13. The predicted molar refractivity (Wildman–Crippen MR) is 54.7 cm³/mol. The average molecular weight is 247 g/mol. The van der Waals surface area contributed by atoms with Crippen molar-refractivity contribution in [1.82, 2.24) is 4.98 Å². The van der Waals surface area contributed by atoms with Crippen LogP contribution in [0.5, 0.6) is 0 Å². The van der Waals surface area contributed by atoms with Gasteiger partial charge < -0.3 is 4.74 Å². The molecule has 6 heteroatoms. The first-order valence-electron chi connectivity index (χ1n) is 5.00. The van der Waals surface area contributed by atoms with Gasteiger partial charge in [0.25, 0.3) is 0 Å². The maximum absolute atomic E-state index is 12.6. The third-order valence-electron chi connectivity index (χ3n) is 2.18. The van der Waals surface area contributed by atoms with Gasteiger partial charge >= 0.3 is 6.18 Å². The predicted octanol–water partition coefficient (Wildman–Crippen LogP) is 2.71. The third kappa shape index (κ3) is 3.81. The molecule has 1 aromatic rings. The normalized spacial score (nSPS) is 11.5. The summed E-state index contributed by atoms with van der Waals surface area (Å²) >= 11 is 0. The highest BCUT2D eigenvalue weighted by Crippen LogP contribution is 2.31. The number of ether oxygens (including phenoxy) is 1. The molecule has 3 nitrogen and oxygen atoms in total. The van der Waals surface area contributed by atoms with Crippen molar-refractivity contribution in [3.05, 3.63) is 29.6 Å². The molecule has 0 fully saturated rings. The number of halogens is 3. The molecule has 94 valence electrons. The van der Waals surface area contributed by atoms with E-state index in [2.05, 4.69) is 4.98 Å². The molecule has 1 aromatic heterocycles. The first kappa shape index (κ1) is 13.6. The highest BCUT2D eigenvalue weighted by Gasteiger charge is 2.34. The summed E-state index contributed by atoms with van der Waals surface area (Å²) in [6, 6.07) is 0.809. The minimum absolute atomic E-state index is 0.0165. The second-order valence-corrected chi connectivity index (χ2v) is 3.44. The molecule has 0 aliphatic carbocycles. The van der Waals surface area contributed by atoms with Crippen LogP contribution in [0.15, 0.2) is 18.5 Å². The van der Waals surface area contributed by atoms with E-state index in [1.165, 1.54) is 7.11 Å². The van der Waals surface area contributed by atoms with Gasteiger partial charge in [-0.3, -0.25) is 9.78 Å². The van der Waals surface area contributed by atoms with Gasteiger partial charge in [-0.2, -0.15) is 13.2 Å². The van der Waals surface area contributed by atoms with Crippen molar-refractivity contribution in [2.24, 2.45) is 0 Å². The Kier molecular flexibility index (Phi) is 4.62. The van der Waals surface area contributed by atoms with Gasteiger partial charge in [0.2, 0.25) is 0 Å². The van der Waals surface area contributed by atoms with Crippen LogP contribution in [-0.2, 0) is 10.9 Å². The number of nitrogens with zero attached hydrogens (tertiary/aromatic N) is 1. The summed E-state index contributed by atoms with van der Waals surface area (Å²) in [6.07, 6.45) is -2.15. The van der Waals surface area contributed by atoms with Gasteiger partial charge in [0, 0.05) is 38.1 Å². The summed E-state index contributed by atoms with van der Waals surface area (Å²) in [5.41, 5.74) is -1.31. The van der Waals surface area contributed by atoms with E-state index in [9.17, 15) is 18.0 Å². The van der Waals surface area contributed by atoms with Crippen molar-refractivity contribution in [2.75, 3.05) is 13.7 Å². The average Bonchev–Trinajstić information content (AvgIpc) is 2.28. The summed E-state index contributed by atoms with van der Waals surface area (Å²) in [6.45, 7) is 0.341. The van der Waals surface area contributed by atoms with Crippen molar-refractivity contribution in [3.8, 4) is 0 Å². The van der Waals surface area contributed by atoms with E-state index in [1.54, 1.807) is 0 Å². The van der Waals surface area contributed by atoms with Crippen LogP contribution in [0.25, 0.3) is 0 Å². The first-order valence-corrected chi connectivity index (χ1v) is 5.00. The van der Waals surface area contributed by atoms with Crippen molar-refractivity contribution in [2.45, 2.75) is 19.0 Å². The molecule has 0 N–H and O–H groups in total. The van der Waals surface area contributed by atoms with Gasteiger partial charge in [0.1, 0.15) is 0 Å². The van der Waals surface area contributed by atoms with Crippen LogP contribution in [0, 0.1) is 0 Å². The van der Waals surface area contributed by atoms with E-state index < -0.39 is 17.5 Å². The van der Waals surface area contributed by atoms with Gasteiger partial charge in [-0.1, -0.05) is 0 Å². The Morgan fingerprint density at radius 3 is 2.76 bits per heavy atom. The van der Waals surface area contributed by atoms with Gasteiger partial charge in [0.05, 0.1) is 5.56 Å². The molecule has 0 aliphatic heterocycles. The zero-order chi connectivity index (χ0) is 12.9. The first-order chi connectivity index (χ1) is 7.96. The molecular weight excluding hydrogens is 235 g/mol. The van der Waals surface area contributed by atoms with Crippen LogP contribution in [0.3, 0.4) is 0 Å². The number of carbonyl (C=O) groups excluding carboxylic acids is 1. The second-order valence-electron chi connectivity index (χ2n) is 3.44. The zero-order valence-corrected chi connectivity index (χ0v) is 9.25. The van der Waals surface area contributed by atoms with E-state index >= 15 is 0 Å². The summed E-state index contributed by atoms with van der Waals surface area (Å²) in [7, 11) is 1.47. The Morgan fingerprint density at radius 2 is 2.18 bits per heavy atom. The Bertz CT molecular complexity index is 391. The number of hydrogen-bond acceptors (Lipinski definition) is 3. The molecular formula is C11H12F3NO2. The van der Waals surface area contributed by atoms with Crippen molar-refractivity contribution >= 4 is 5.78 Å². The zero-order valence-electron chi connectivity index (χ0n) is 9.25. The molecule has 0 aromatic carbocycles. The van der Waals surface area contributed by atoms with E-state index in [0.29, 0.717) is 13.0 Å².